The Morgan fingerprint density at radius 2 is 2.30 bits per heavy atom. The summed E-state index contributed by atoms with van der Waals surface area (Å²) in [5.74, 6) is 0. The smallest absolute Gasteiger partial charge is 0.119 e. The number of ether oxygens (including phenoxy) is 1. The van der Waals surface area contributed by atoms with Crippen molar-refractivity contribution in [1.29, 1.82) is 0 Å². The maximum atomic E-state index is 10.5. The fourth-order valence-electron chi connectivity index (χ4n) is 3.30. The van der Waals surface area contributed by atoms with Gasteiger partial charge in [0, 0.05) is 30.5 Å². The van der Waals surface area contributed by atoms with E-state index in [0.29, 0.717) is 23.9 Å². The normalized spacial score (nSPS) is 27.2. The van der Waals surface area contributed by atoms with E-state index in [-0.39, 0.29) is 0 Å². The van der Waals surface area contributed by atoms with Crippen LogP contribution in [0.5, 0.6) is 0 Å². The molecule has 2 fully saturated rings. The molecule has 0 amide bonds. The molecule has 2 rings (SSSR count). The van der Waals surface area contributed by atoms with E-state index in [1.807, 2.05) is 0 Å². The first-order valence-electron chi connectivity index (χ1n) is 8.08. The number of hydrogen-bond donors (Lipinski definition) is 1. The zero-order valence-electron chi connectivity index (χ0n) is 13.1. The number of nitrogens with one attached hydrogen (secondary N) is 1. The Hall–Kier alpha value is -0.450. The van der Waals surface area contributed by atoms with E-state index < -0.39 is 0 Å². The minimum Gasteiger partial charge on any atom is -0.380 e. The van der Waals surface area contributed by atoms with Gasteiger partial charge < -0.3 is 19.7 Å². The van der Waals surface area contributed by atoms with Crippen LogP contribution in [0.1, 0.15) is 45.4 Å². The maximum absolute atomic E-state index is 10.5. The number of unbranched alkanes of at least 4 members (excludes halogenated alkanes) is 1. The SMILES string of the molecule is CN1CCC[C@@H]1CC(CCCC=O)NCC1(C)COC1. The molecule has 2 aliphatic rings. The van der Waals surface area contributed by atoms with Crippen LogP contribution >= 0.6 is 0 Å². The minimum atomic E-state index is 0.324. The van der Waals surface area contributed by atoms with Crippen molar-refractivity contribution >= 4 is 6.29 Å². The Morgan fingerprint density at radius 1 is 1.50 bits per heavy atom. The van der Waals surface area contributed by atoms with Gasteiger partial charge in [0.2, 0.25) is 0 Å². The van der Waals surface area contributed by atoms with Crippen LogP contribution in [0.25, 0.3) is 0 Å². The first-order valence-corrected chi connectivity index (χ1v) is 8.08. The van der Waals surface area contributed by atoms with Gasteiger partial charge in [-0.05, 0) is 45.7 Å². The number of carbonyl (C=O) groups is 1. The molecule has 2 saturated heterocycles. The highest BCUT2D eigenvalue weighted by molar-refractivity contribution is 5.48. The zero-order valence-corrected chi connectivity index (χ0v) is 13.1. The lowest BCUT2D eigenvalue weighted by molar-refractivity contribution is -0.108. The van der Waals surface area contributed by atoms with E-state index >= 15 is 0 Å². The predicted molar refractivity (Wildman–Crippen MR) is 80.9 cm³/mol. The predicted octanol–water partition coefficient (Wildman–Crippen LogP) is 1.83. The Morgan fingerprint density at radius 3 is 2.85 bits per heavy atom. The topological polar surface area (TPSA) is 41.6 Å². The lowest BCUT2D eigenvalue weighted by Crippen LogP contribution is -2.50. The van der Waals surface area contributed by atoms with Crippen molar-refractivity contribution in [1.82, 2.24) is 10.2 Å². The van der Waals surface area contributed by atoms with Gasteiger partial charge in [-0.25, -0.2) is 0 Å². The quantitative estimate of drug-likeness (QED) is 0.517. The third-order valence-corrected chi connectivity index (χ3v) is 4.82. The molecule has 0 aromatic rings. The van der Waals surface area contributed by atoms with Crippen molar-refractivity contribution in [2.24, 2.45) is 5.41 Å². The van der Waals surface area contributed by atoms with Gasteiger partial charge in [-0.15, -0.1) is 0 Å². The fraction of sp³-hybridized carbons (Fsp3) is 0.938. The molecule has 0 aromatic carbocycles. The van der Waals surface area contributed by atoms with Crippen LogP contribution in [0.3, 0.4) is 0 Å². The van der Waals surface area contributed by atoms with Crippen LogP contribution < -0.4 is 5.32 Å². The van der Waals surface area contributed by atoms with Crippen molar-refractivity contribution < 1.29 is 9.53 Å². The Balaban J connectivity index is 1.77. The summed E-state index contributed by atoms with van der Waals surface area (Å²) in [6.45, 7) is 6.31. The summed E-state index contributed by atoms with van der Waals surface area (Å²) in [6.07, 6.45) is 7.71. The van der Waals surface area contributed by atoms with Gasteiger partial charge in [-0.2, -0.15) is 0 Å². The lowest BCUT2D eigenvalue weighted by atomic mass is 9.88. The number of carbonyl (C=O) groups excluding carboxylic acids is 1. The summed E-state index contributed by atoms with van der Waals surface area (Å²) < 4.78 is 5.32. The van der Waals surface area contributed by atoms with Gasteiger partial charge in [-0.1, -0.05) is 6.92 Å². The Bertz CT molecular complexity index is 305. The summed E-state index contributed by atoms with van der Waals surface area (Å²) >= 11 is 0. The molecule has 4 nitrogen and oxygen atoms in total. The number of hydrogen-bond acceptors (Lipinski definition) is 4. The first kappa shape index (κ1) is 15.9. The maximum Gasteiger partial charge on any atom is 0.119 e. The van der Waals surface area contributed by atoms with Gasteiger partial charge in [0.15, 0.2) is 0 Å². The lowest BCUT2D eigenvalue weighted by Gasteiger charge is -2.39. The standard InChI is InChI=1S/C16H30N2O2/c1-16(12-20-13-16)11-17-14(6-3-4-9-19)10-15-7-5-8-18(15)2/h9,14-15,17H,3-8,10-13H2,1-2H3/t14?,15-/m1/s1. The van der Waals surface area contributed by atoms with Crippen LogP contribution in [0.4, 0.5) is 0 Å². The van der Waals surface area contributed by atoms with Crippen LogP contribution in [0, 0.1) is 5.41 Å². The first-order chi connectivity index (χ1) is 9.63. The average molecular weight is 282 g/mol. The molecule has 116 valence electrons. The Kier molecular flexibility index (Phi) is 6.00. The third-order valence-electron chi connectivity index (χ3n) is 4.82. The second-order valence-electron chi connectivity index (χ2n) is 6.99. The fourth-order valence-corrected chi connectivity index (χ4v) is 3.30. The Labute approximate surface area is 123 Å². The highest BCUT2D eigenvalue weighted by Crippen LogP contribution is 2.26. The molecule has 2 aliphatic heterocycles. The second-order valence-corrected chi connectivity index (χ2v) is 6.99. The van der Waals surface area contributed by atoms with Crippen LogP contribution in [0.15, 0.2) is 0 Å². The molecular weight excluding hydrogens is 252 g/mol. The summed E-state index contributed by atoms with van der Waals surface area (Å²) in [4.78, 5) is 13.0. The van der Waals surface area contributed by atoms with Gasteiger partial charge in [0.25, 0.3) is 0 Å². The molecule has 2 heterocycles. The van der Waals surface area contributed by atoms with E-state index in [1.54, 1.807) is 0 Å². The molecule has 0 bridgehead atoms. The number of likely N-dealkylation sites (tertiary alicyclic amines) is 1. The molecule has 0 radical (unpaired) electrons. The van der Waals surface area contributed by atoms with Gasteiger partial charge in [-0.3, -0.25) is 0 Å². The van der Waals surface area contributed by atoms with Crippen LogP contribution in [-0.2, 0) is 9.53 Å². The molecule has 0 aliphatic carbocycles. The molecule has 20 heavy (non-hydrogen) atoms. The second kappa shape index (κ2) is 7.53. The molecule has 2 atom stereocenters. The summed E-state index contributed by atoms with van der Waals surface area (Å²) in [6, 6.07) is 1.26. The number of nitrogens with zero attached hydrogens (tertiary/aromatic N) is 1. The van der Waals surface area contributed by atoms with Crippen LogP contribution in [0.2, 0.25) is 0 Å². The minimum absolute atomic E-state index is 0.324. The van der Waals surface area contributed by atoms with Gasteiger partial charge in [0.05, 0.1) is 13.2 Å². The monoisotopic (exact) mass is 282 g/mol. The van der Waals surface area contributed by atoms with Crippen molar-refractivity contribution in [3.05, 3.63) is 0 Å². The highest BCUT2D eigenvalue weighted by Gasteiger charge is 2.34. The molecule has 0 spiro atoms. The van der Waals surface area contributed by atoms with Crippen molar-refractivity contribution in [2.45, 2.75) is 57.5 Å². The van der Waals surface area contributed by atoms with Crippen LogP contribution in [-0.4, -0.2) is 56.6 Å². The van der Waals surface area contributed by atoms with Crippen molar-refractivity contribution in [2.75, 3.05) is 33.4 Å². The molecule has 0 saturated carbocycles. The van der Waals surface area contributed by atoms with Crippen molar-refractivity contribution in [3.8, 4) is 0 Å². The molecular formula is C16H30N2O2. The van der Waals surface area contributed by atoms with E-state index in [4.69, 9.17) is 4.74 Å². The third kappa shape index (κ3) is 4.54. The van der Waals surface area contributed by atoms with Crippen molar-refractivity contribution in [3.63, 3.8) is 0 Å². The average Bonchev–Trinajstić information content (AvgIpc) is 2.79. The van der Waals surface area contributed by atoms with Gasteiger partial charge in [0.1, 0.15) is 6.29 Å². The highest BCUT2D eigenvalue weighted by atomic mass is 16.5. The summed E-state index contributed by atoms with van der Waals surface area (Å²) in [5.41, 5.74) is 0.324. The van der Waals surface area contributed by atoms with E-state index in [0.717, 1.165) is 38.9 Å². The zero-order chi connectivity index (χ0) is 14.4. The molecule has 1 N–H and O–H groups in total. The number of rotatable bonds is 9. The molecule has 0 aromatic heterocycles. The molecule has 4 heteroatoms. The van der Waals surface area contributed by atoms with E-state index in [9.17, 15) is 4.79 Å². The summed E-state index contributed by atoms with van der Waals surface area (Å²) in [5, 5.41) is 3.75. The van der Waals surface area contributed by atoms with Gasteiger partial charge >= 0.3 is 0 Å². The molecule has 1 unspecified atom stereocenters. The van der Waals surface area contributed by atoms with E-state index in [1.165, 1.54) is 25.8 Å². The largest absolute Gasteiger partial charge is 0.380 e. The summed E-state index contributed by atoms with van der Waals surface area (Å²) in [7, 11) is 2.24. The number of aldehydes is 1. The van der Waals surface area contributed by atoms with E-state index in [2.05, 4.69) is 24.2 Å².